The van der Waals surface area contributed by atoms with E-state index in [0.29, 0.717) is 38.5 Å². The molecule has 0 bridgehead atoms. The highest BCUT2D eigenvalue weighted by Crippen LogP contribution is 2.30. The number of carbonyl (C=O) groups is 1. The van der Waals surface area contributed by atoms with Crippen molar-refractivity contribution in [1.29, 1.82) is 0 Å². The number of pyridine rings is 1. The number of aryl methyl sites for hydroxylation is 1. The Morgan fingerprint density at radius 2 is 1.79 bits per heavy atom. The van der Waals surface area contributed by atoms with E-state index in [9.17, 15) is 4.79 Å². The molecule has 2 heterocycles. The molecule has 0 fully saturated rings. The van der Waals surface area contributed by atoms with E-state index in [1.165, 1.54) is 0 Å². The van der Waals surface area contributed by atoms with Gasteiger partial charge in [-0.15, -0.1) is 0 Å². The fraction of sp³-hybridized carbons (Fsp3) is 0.0952. The fourth-order valence-corrected chi connectivity index (χ4v) is 3.55. The first-order valence-electron chi connectivity index (χ1n) is 8.63. The number of nitrogens with zero attached hydrogens (tertiary/aromatic N) is 3. The quantitative estimate of drug-likeness (QED) is 0.478. The molecule has 0 unspecified atom stereocenters. The second kappa shape index (κ2) is 7.26. The predicted molar refractivity (Wildman–Crippen MR) is 113 cm³/mol. The molecule has 0 saturated carbocycles. The van der Waals surface area contributed by atoms with Crippen LogP contribution < -0.4 is 5.32 Å². The second-order valence-electron chi connectivity index (χ2n) is 6.37. The molecular weight excluding hydrogens is 395 g/mol. The summed E-state index contributed by atoms with van der Waals surface area (Å²) in [6, 6.07) is 16.7. The number of anilines is 1. The molecule has 0 aliphatic heterocycles. The Balaban J connectivity index is 1.69. The number of aromatic nitrogens is 3. The van der Waals surface area contributed by atoms with Crippen molar-refractivity contribution in [1.82, 2.24) is 14.8 Å². The minimum absolute atomic E-state index is 0.276. The van der Waals surface area contributed by atoms with E-state index in [1.54, 1.807) is 35.9 Å². The highest BCUT2D eigenvalue weighted by atomic mass is 35.5. The molecule has 7 heteroatoms. The highest BCUT2D eigenvalue weighted by Gasteiger charge is 2.21. The molecule has 140 valence electrons. The lowest BCUT2D eigenvalue weighted by Crippen LogP contribution is -2.15. The van der Waals surface area contributed by atoms with Gasteiger partial charge in [-0.2, -0.15) is 5.10 Å². The third kappa shape index (κ3) is 3.23. The van der Waals surface area contributed by atoms with Gasteiger partial charge in [0, 0.05) is 5.39 Å². The summed E-state index contributed by atoms with van der Waals surface area (Å²) >= 11 is 12.4. The fourth-order valence-electron chi connectivity index (χ4n) is 3.18. The molecule has 1 amide bonds. The van der Waals surface area contributed by atoms with Crippen LogP contribution in [0.2, 0.25) is 10.0 Å². The summed E-state index contributed by atoms with van der Waals surface area (Å²) in [5.74, 6) is 0.207. The zero-order valence-electron chi connectivity index (χ0n) is 15.2. The maximum Gasteiger partial charge on any atom is 0.260 e. The zero-order valence-corrected chi connectivity index (χ0v) is 16.7. The predicted octanol–water partition coefficient (Wildman–Crippen LogP) is 5.60. The molecule has 0 aliphatic rings. The smallest absolute Gasteiger partial charge is 0.260 e. The van der Waals surface area contributed by atoms with Crippen LogP contribution in [0, 0.1) is 13.8 Å². The van der Waals surface area contributed by atoms with Crippen molar-refractivity contribution in [3.63, 3.8) is 0 Å². The van der Waals surface area contributed by atoms with Gasteiger partial charge in [-0.1, -0.05) is 47.5 Å². The van der Waals surface area contributed by atoms with Gasteiger partial charge >= 0.3 is 0 Å². The molecule has 4 aromatic rings. The van der Waals surface area contributed by atoms with E-state index < -0.39 is 0 Å². The largest absolute Gasteiger partial charge is 0.306 e. The Hall–Kier alpha value is -2.89. The van der Waals surface area contributed by atoms with Crippen molar-refractivity contribution >= 4 is 45.8 Å². The van der Waals surface area contributed by atoms with Crippen LogP contribution in [0.4, 0.5) is 5.82 Å². The van der Waals surface area contributed by atoms with Crippen LogP contribution in [-0.2, 0) is 0 Å². The molecule has 28 heavy (non-hydrogen) atoms. The molecule has 0 aliphatic carbocycles. The Morgan fingerprint density at radius 1 is 1.00 bits per heavy atom. The molecule has 0 saturated heterocycles. The van der Waals surface area contributed by atoms with Gasteiger partial charge < -0.3 is 5.32 Å². The normalized spacial score (nSPS) is 11.0. The number of benzene rings is 2. The van der Waals surface area contributed by atoms with E-state index in [4.69, 9.17) is 23.2 Å². The lowest BCUT2D eigenvalue weighted by atomic mass is 10.1. The summed E-state index contributed by atoms with van der Waals surface area (Å²) in [6.45, 7) is 3.60. The summed E-state index contributed by atoms with van der Waals surface area (Å²) < 4.78 is 1.63. The number of rotatable bonds is 3. The van der Waals surface area contributed by atoms with E-state index in [1.807, 2.05) is 37.3 Å². The standard InChI is InChI=1S/C21H16Cl2N4O/c1-12-19(13(2)27(26-12)17-9-5-7-15(22)20(17)23)21(28)25-18-11-10-14-6-3-4-8-16(14)24-18/h3-11H,1-2H3,(H,24,25,28). The number of amides is 1. The van der Waals surface area contributed by atoms with Gasteiger partial charge in [0.15, 0.2) is 0 Å². The average Bonchev–Trinajstić information content (AvgIpc) is 2.98. The molecule has 1 N–H and O–H groups in total. The van der Waals surface area contributed by atoms with Crippen LogP contribution in [-0.4, -0.2) is 20.7 Å². The number of hydrogen-bond acceptors (Lipinski definition) is 3. The Kier molecular flexibility index (Phi) is 4.79. The number of fused-ring (bicyclic) bond motifs is 1. The number of nitrogens with one attached hydrogen (secondary N) is 1. The number of halogens is 2. The van der Waals surface area contributed by atoms with Crippen molar-refractivity contribution < 1.29 is 4.79 Å². The minimum atomic E-state index is -0.276. The van der Waals surface area contributed by atoms with E-state index in [0.717, 1.165) is 10.9 Å². The first-order valence-corrected chi connectivity index (χ1v) is 9.39. The number of hydrogen-bond donors (Lipinski definition) is 1. The van der Waals surface area contributed by atoms with E-state index in [-0.39, 0.29) is 5.91 Å². The lowest BCUT2D eigenvalue weighted by molar-refractivity contribution is 0.102. The van der Waals surface area contributed by atoms with Crippen LogP contribution in [0.1, 0.15) is 21.7 Å². The Bertz CT molecular complexity index is 1220. The maximum atomic E-state index is 12.9. The molecule has 4 rings (SSSR count). The van der Waals surface area contributed by atoms with Crippen molar-refractivity contribution in [2.45, 2.75) is 13.8 Å². The molecule has 0 atom stereocenters. The summed E-state index contributed by atoms with van der Waals surface area (Å²) in [5, 5.41) is 9.17. The molecule has 0 radical (unpaired) electrons. The number of para-hydroxylation sites is 1. The van der Waals surface area contributed by atoms with Crippen molar-refractivity contribution in [3.8, 4) is 5.69 Å². The van der Waals surface area contributed by atoms with Gasteiger partial charge in [-0.3, -0.25) is 4.79 Å². The molecule has 5 nitrogen and oxygen atoms in total. The summed E-state index contributed by atoms with van der Waals surface area (Å²) in [6.07, 6.45) is 0. The van der Waals surface area contributed by atoms with Crippen LogP contribution in [0.25, 0.3) is 16.6 Å². The van der Waals surface area contributed by atoms with Crippen LogP contribution in [0.15, 0.2) is 54.6 Å². The first kappa shape index (κ1) is 18.5. The minimum Gasteiger partial charge on any atom is -0.306 e. The lowest BCUT2D eigenvalue weighted by Gasteiger charge is -2.09. The highest BCUT2D eigenvalue weighted by molar-refractivity contribution is 6.43. The van der Waals surface area contributed by atoms with Gasteiger partial charge in [0.25, 0.3) is 5.91 Å². The number of carbonyl (C=O) groups excluding carboxylic acids is 1. The Morgan fingerprint density at radius 3 is 2.61 bits per heavy atom. The second-order valence-corrected chi connectivity index (χ2v) is 7.16. The van der Waals surface area contributed by atoms with Gasteiger partial charge in [0.05, 0.1) is 38.2 Å². The summed E-state index contributed by atoms with van der Waals surface area (Å²) in [4.78, 5) is 17.4. The van der Waals surface area contributed by atoms with Crippen LogP contribution >= 0.6 is 23.2 Å². The van der Waals surface area contributed by atoms with Crippen LogP contribution in [0.3, 0.4) is 0 Å². The summed E-state index contributed by atoms with van der Waals surface area (Å²) in [7, 11) is 0. The topological polar surface area (TPSA) is 59.8 Å². The third-order valence-electron chi connectivity index (χ3n) is 4.52. The van der Waals surface area contributed by atoms with Gasteiger partial charge in [-0.25, -0.2) is 9.67 Å². The first-order chi connectivity index (χ1) is 13.5. The van der Waals surface area contributed by atoms with E-state index >= 15 is 0 Å². The van der Waals surface area contributed by atoms with Crippen LogP contribution in [0.5, 0.6) is 0 Å². The molecular formula is C21H16Cl2N4O. The van der Waals surface area contributed by atoms with Crippen molar-refractivity contribution in [2.75, 3.05) is 5.32 Å². The molecule has 2 aromatic heterocycles. The maximum absolute atomic E-state index is 12.9. The van der Waals surface area contributed by atoms with Crippen molar-refractivity contribution in [3.05, 3.63) is 81.6 Å². The Labute approximate surface area is 171 Å². The molecule has 0 spiro atoms. The average molecular weight is 411 g/mol. The van der Waals surface area contributed by atoms with Gasteiger partial charge in [0.2, 0.25) is 0 Å². The van der Waals surface area contributed by atoms with Gasteiger partial charge in [-0.05, 0) is 44.2 Å². The van der Waals surface area contributed by atoms with Crippen molar-refractivity contribution in [2.24, 2.45) is 0 Å². The zero-order chi connectivity index (χ0) is 19.8. The summed E-state index contributed by atoms with van der Waals surface area (Å²) in [5.41, 5.74) is 3.17. The monoisotopic (exact) mass is 410 g/mol. The van der Waals surface area contributed by atoms with Gasteiger partial charge in [0.1, 0.15) is 5.82 Å². The molecule has 2 aromatic carbocycles. The SMILES string of the molecule is Cc1nn(-c2cccc(Cl)c2Cl)c(C)c1C(=O)Nc1ccc2ccccc2n1. The van der Waals surface area contributed by atoms with E-state index in [2.05, 4.69) is 15.4 Å². The third-order valence-corrected chi connectivity index (χ3v) is 5.33.